The number of carbonyl (C=O) groups is 2. The molecule has 1 unspecified atom stereocenters. The number of hydrogen-bond donors (Lipinski definition) is 2. The van der Waals surface area contributed by atoms with Crippen molar-refractivity contribution in [3.63, 3.8) is 0 Å². The highest BCUT2D eigenvalue weighted by molar-refractivity contribution is 6.04. The summed E-state index contributed by atoms with van der Waals surface area (Å²) in [7, 11) is 0. The second-order valence-corrected chi connectivity index (χ2v) is 6.29. The van der Waals surface area contributed by atoms with E-state index >= 15 is 0 Å². The van der Waals surface area contributed by atoms with Crippen LogP contribution in [0.4, 0.5) is 5.69 Å². The number of nitrogens with one attached hydrogen (secondary N) is 2. The monoisotopic (exact) mass is 371 g/mol. The van der Waals surface area contributed by atoms with E-state index in [1.807, 2.05) is 61.5 Å². The van der Waals surface area contributed by atoms with Crippen LogP contribution in [0.5, 0.6) is 0 Å². The molecule has 2 N–H and O–H groups in total. The van der Waals surface area contributed by atoms with Gasteiger partial charge in [-0.25, -0.2) is 0 Å². The molecule has 0 fully saturated rings. The van der Waals surface area contributed by atoms with Gasteiger partial charge in [0.2, 0.25) is 5.91 Å². The van der Waals surface area contributed by atoms with E-state index in [2.05, 4.69) is 15.6 Å². The molecule has 0 aliphatic heterocycles. The van der Waals surface area contributed by atoms with E-state index in [1.54, 1.807) is 30.6 Å². The summed E-state index contributed by atoms with van der Waals surface area (Å²) in [4.78, 5) is 28.4. The number of benzene rings is 2. The third-order valence-electron chi connectivity index (χ3n) is 4.17. The summed E-state index contributed by atoms with van der Waals surface area (Å²) < 4.78 is 0. The van der Waals surface area contributed by atoms with E-state index in [-0.39, 0.29) is 17.9 Å². The molecule has 2 aromatic carbocycles. The van der Waals surface area contributed by atoms with Crippen molar-refractivity contribution in [1.82, 2.24) is 10.3 Å². The maximum atomic E-state index is 12.3. The van der Waals surface area contributed by atoms with Crippen LogP contribution < -0.4 is 10.6 Å². The first kappa shape index (κ1) is 19.0. The smallest absolute Gasteiger partial charge is 0.255 e. The minimum Gasteiger partial charge on any atom is -0.346 e. The number of carbonyl (C=O) groups excluding carboxylic acids is 2. The van der Waals surface area contributed by atoms with Crippen LogP contribution in [0.2, 0.25) is 0 Å². The van der Waals surface area contributed by atoms with E-state index in [0.717, 1.165) is 11.1 Å². The lowest BCUT2D eigenvalue weighted by atomic mass is 10.1. The SMILES string of the molecule is CC(NC(=O)/C=C/c1ccncc1)c1cccc(NC(=O)c2ccccc2)c1. The molecule has 3 rings (SSSR count). The molecule has 0 aliphatic rings. The van der Waals surface area contributed by atoms with Gasteiger partial charge in [-0.3, -0.25) is 14.6 Å². The highest BCUT2D eigenvalue weighted by atomic mass is 16.2. The Bertz CT molecular complexity index is 969. The van der Waals surface area contributed by atoms with E-state index in [9.17, 15) is 9.59 Å². The highest BCUT2D eigenvalue weighted by Crippen LogP contribution is 2.18. The van der Waals surface area contributed by atoms with Gasteiger partial charge in [0, 0.05) is 29.7 Å². The zero-order valence-electron chi connectivity index (χ0n) is 15.5. The van der Waals surface area contributed by atoms with Crippen molar-refractivity contribution in [3.05, 3.63) is 102 Å². The van der Waals surface area contributed by atoms with Crippen molar-refractivity contribution in [1.29, 1.82) is 0 Å². The molecule has 28 heavy (non-hydrogen) atoms. The summed E-state index contributed by atoms with van der Waals surface area (Å²) in [5.74, 6) is -0.363. The second-order valence-electron chi connectivity index (χ2n) is 6.29. The first-order valence-corrected chi connectivity index (χ1v) is 8.97. The van der Waals surface area contributed by atoms with Crippen LogP contribution in [0.1, 0.15) is 34.5 Å². The zero-order chi connectivity index (χ0) is 19.8. The minimum atomic E-state index is -0.205. The Morgan fingerprint density at radius 3 is 2.46 bits per heavy atom. The zero-order valence-corrected chi connectivity index (χ0v) is 15.5. The fraction of sp³-hybridized carbons (Fsp3) is 0.0870. The molecule has 0 saturated heterocycles. The maximum Gasteiger partial charge on any atom is 0.255 e. The minimum absolute atomic E-state index is 0.172. The Kier molecular flexibility index (Phi) is 6.31. The molecular weight excluding hydrogens is 350 g/mol. The Morgan fingerprint density at radius 2 is 1.71 bits per heavy atom. The predicted octanol–water partition coefficient (Wildman–Crippen LogP) is 4.22. The number of pyridine rings is 1. The van der Waals surface area contributed by atoms with Gasteiger partial charge in [0.25, 0.3) is 5.91 Å². The van der Waals surface area contributed by atoms with Gasteiger partial charge in [0.15, 0.2) is 0 Å². The van der Waals surface area contributed by atoms with Crippen LogP contribution in [-0.2, 0) is 4.79 Å². The summed E-state index contributed by atoms with van der Waals surface area (Å²) in [5, 5.41) is 5.81. The summed E-state index contributed by atoms with van der Waals surface area (Å²) in [5.41, 5.74) is 3.08. The second kappa shape index (κ2) is 9.28. The van der Waals surface area contributed by atoms with Gasteiger partial charge in [0.05, 0.1) is 6.04 Å². The summed E-state index contributed by atoms with van der Waals surface area (Å²) in [6.07, 6.45) is 6.58. The Balaban J connectivity index is 1.62. The Morgan fingerprint density at radius 1 is 0.964 bits per heavy atom. The molecular formula is C23H21N3O2. The topological polar surface area (TPSA) is 71.1 Å². The van der Waals surface area contributed by atoms with E-state index in [4.69, 9.17) is 0 Å². The van der Waals surface area contributed by atoms with Crippen LogP contribution in [-0.4, -0.2) is 16.8 Å². The largest absolute Gasteiger partial charge is 0.346 e. The molecule has 0 radical (unpaired) electrons. The predicted molar refractivity (Wildman–Crippen MR) is 111 cm³/mol. The summed E-state index contributed by atoms with van der Waals surface area (Å²) in [6, 6.07) is 19.9. The van der Waals surface area contributed by atoms with Gasteiger partial charge in [0.1, 0.15) is 0 Å². The maximum absolute atomic E-state index is 12.3. The van der Waals surface area contributed by atoms with Crippen molar-refractivity contribution in [2.75, 3.05) is 5.32 Å². The Hall–Kier alpha value is -3.73. The number of nitrogens with zero attached hydrogens (tertiary/aromatic N) is 1. The molecule has 0 aliphatic carbocycles. The van der Waals surface area contributed by atoms with Crippen LogP contribution in [0.25, 0.3) is 6.08 Å². The lowest BCUT2D eigenvalue weighted by Gasteiger charge is -2.14. The standard InChI is InChI=1S/C23H21N3O2/c1-17(25-22(27)11-10-18-12-14-24-15-13-18)20-8-5-9-21(16-20)26-23(28)19-6-3-2-4-7-19/h2-17H,1H3,(H,25,27)(H,26,28)/b11-10+. The lowest BCUT2D eigenvalue weighted by Crippen LogP contribution is -2.24. The van der Waals surface area contributed by atoms with Gasteiger partial charge in [-0.2, -0.15) is 0 Å². The molecule has 3 aromatic rings. The molecule has 5 heteroatoms. The van der Waals surface area contributed by atoms with Crippen molar-refractivity contribution in [3.8, 4) is 0 Å². The molecule has 1 atom stereocenters. The third-order valence-corrected chi connectivity index (χ3v) is 4.17. The number of anilines is 1. The number of hydrogen-bond acceptors (Lipinski definition) is 3. The van der Waals surface area contributed by atoms with Gasteiger partial charge in [-0.05, 0) is 60.5 Å². The molecule has 0 spiro atoms. The average Bonchev–Trinajstić information content (AvgIpc) is 2.74. The van der Waals surface area contributed by atoms with Crippen LogP contribution in [0, 0.1) is 0 Å². The summed E-state index contributed by atoms with van der Waals surface area (Å²) in [6.45, 7) is 1.90. The third kappa shape index (κ3) is 5.38. The summed E-state index contributed by atoms with van der Waals surface area (Å²) >= 11 is 0. The normalized spacial score (nSPS) is 11.8. The van der Waals surface area contributed by atoms with E-state index in [0.29, 0.717) is 11.3 Å². The van der Waals surface area contributed by atoms with Crippen LogP contribution in [0.3, 0.4) is 0 Å². The fourth-order valence-electron chi connectivity index (χ4n) is 2.67. The first-order chi connectivity index (χ1) is 13.6. The molecule has 140 valence electrons. The molecule has 5 nitrogen and oxygen atoms in total. The quantitative estimate of drug-likeness (QED) is 0.637. The van der Waals surface area contributed by atoms with E-state index in [1.165, 1.54) is 6.08 Å². The Labute approximate surface area is 164 Å². The number of amides is 2. The average molecular weight is 371 g/mol. The highest BCUT2D eigenvalue weighted by Gasteiger charge is 2.10. The van der Waals surface area contributed by atoms with Crippen molar-refractivity contribution >= 4 is 23.6 Å². The first-order valence-electron chi connectivity index (χ1n) is 8.97. The molecule has 0 bridgehead atoms. The molecule has 1 aromatic heterocycles. The number of aromatic nitrogens is 1. The van der Waals surface area contributed by atoms with Crippen molar-refractivity contribution in [2.45, 2.75) is 13.0 Å². The van der Waals surface area contributed by atoms with Gasteiger partial charge >= 0.3 is 0 Å². The molecule has 0 saturated carbocycles. The molecule has 2 amide bonds. The lowest BCUT2D eigenvalue weighted by molar-refractivity contribution is -0.117. The van der Waals surface area contributed by atoms with Crippen LogP contribution in [0.15, 0.2) is 85.2 Å². The fourth-order valence-corrected chi connectivity index (χ4v) is 2.67. The van der Waals surface area contributed by atoms with Crippen LogP contribution >= 0.6 is 0 Å². The van der Waals surface area contributed by atoms with Crippen molar-refractivity contribution < 1.29 is 9.59 Å². The van der Waals surface area contributed by atoms with Gasteiger partial charge < -0.3 is 10.6 Å². The van der Waals surface area contributed by atoms with E-state index < -0.39 is 0 Å². The van der Waals surface area contributed by atoms with Gasteiger partial charge in [-0.15, -0.1) is 0 Å². The van der Waals surface area contributed by atoms with Gasteiger partial charge in [-0.1, -0.05) is 30.3 Å². The number of rotatable bonds is 6. The van der Waals surface area contributed by atoms with Crippen molar-refractivity contribution in [2.24, 2.45) is 0 Å². The molecule has 1 heterocycles.